The van der Waals surface area contributed by atoms with Gasteiger partial charge in [0.1, 0.15) is 0 Å². The maximum Gasteiger partial charge on any atom is 0.433 e. The quantitative estimate of drug-likeness (QED) is 0.856. The SMILES string of the molecule is O=C(O)C(F)(Cc1cccc(Cl)c1)C(F)(F)F. The molecule has 1 rings (SSSR count). The summed E-state index contributed by atoms with van der Waals surface area (Å²) in [6.45, 7) is 0. The van der Waals surface area contributed by atoms with Crippen molar-refractivity contribution in [2.45, 2.75) is 18.3 Å². The molecule has 1 N–H and O–H groups in total. The Kier molecular flexibility index (Phi) is 3.66. The van der Waals surface area contributed by atoms with Crippen LogP contribution in [-0.4, -0.2) is 22.9 Å². The normalized spacial score (nSPS) is 15.4. The second kappa shape index (κ2) is 4.52. The molecule has 0 fully saturated rings. The van der Waals surface area contributed by atoms with Crippen molar-refractivity contribution in [1.29, 1.82) is 0 Å². The minimum absolute atomic E-state index is 0.109. The van der Waals surface area contributed by atoms with E-state index >= 15 is 0 Å². The molecule has 0 saturated carbocycles. The smallest absolute Gasteiger partial charge is 0.433 e. The van der Waals surface area contributed by atoms with Gasteiger partial charge in [-0.2, -0.15) is 13.2 Å². The number of benzene rings is 1. The fourth-order valence-corrected chi connectivity index (χ4v) is 1.44. The van der Waals surface area contributed by atoms with Crippen molar-refractivity contribution in [3.8, 4) is 0 Å². The lowest BCUT2D eigenvalue weighted by Gasteiger charge is -2.23. The van der Waals surface area contributed by atoms with Crippen molar-refractivity contribution in [3.63, 3.8) is 0 Å². The zero-order chi connectivity index (χ0) is 13.3. The number of halogens is 5. The van der Waals surface area contributed by atoms with Crippen LogP contribution in [0.3, 0.4) is 0 Å². The molecular weight excluding hydrogens is 264 g/mol. The highest BCUT2D eigenvalue weighted by Gasteiger charge is 2.62. The molecule has 1 atom stereocenters. The number of carboxylic acids is 1. The first kappa shape index (κ1) is 13.8. The highest BCUT2D eigenvalue weighted by molar-refractivity contribution is 6.30. The Morgan fingerprint density at radius 3 is 2.29 bits per heavy atom. The standard InChI is InChI=1S/C10H7ClF4O2/c11-7-3-1-2-6(4-7)5-9(12,8(16)17)10(13,14)15/h1-4H,5H2,(H,16,17). The number of hydrogen-bond donors (Lipinski definition) is 1. The zero-order valence-electron chi connectivity index (χ0n) is 8.26. The van der Waals surface area contributed by atoms with Crippen LogP contribution in [0.4, 0.5) is 17.6 Å². The van der Waals surface area contributed by atoms with Gasteiger partial charge in [0.25, 0.3) is 0 Å². The molecule has 7 heteroatoms. The average molecular weight is 271 g/mol. The summed E-state index contributed by atoms with van der Waals surface area (Å²) in [5.74, 6) is -2.56. The van der Waals surface area contributed by atoms with Crippen LogP contribution >= 0.6 is 11.6 Å². The molecule has 0 aliphatic carbocycles. The van der Waals surface area contributed by atoms with Crippen molar-refractivity contribution in [1.82, 2.24) is 0 Å². The molecule has 1 unspecified atom stereocenters. The summed E-state index contributed by atoms with van der Waals surface area (Å²) >= 11 is 5.52. The van der Waals surface area contributed by atoms with Crippen molar-refractivity contribution >= 4 is 17.6 Å². The lowest BCUT2D eigenvalue weighted by atomic mass is 9.96. The first-order valence-electron chi connectivity index (χ1n) is 4.40. The molecule has 2 nitrogen and oxygen atoms in total. The van der Waals surface area contributed by atoms with Gasteiger partial charge in [-0.3, -0.25) is 0 Å². The Labute approximate surface area is 98.8 Å². The van der Waals surface area contributed by atoms with Gasteiger partial charge in [0, 0.05) is 11.4 Å². The molecule has 0 heterocycles. The van der Waals surface area contributed by atoms with Crippen LogP contribution in [-0.2, 0) is 11.2 Å². The van der Waals surface area contributed by atoms with Crippen LogP contribution in [0.1, 0.15) is 5.56 Å². The van der Waals surface area contributed by atoms with Crippen molar-refractivity contribution in [2.24, 2.45) is 0 Å². The van der Waals surface area contributed by atoms with Crippen LogP contribution in [0.2, 0.25) is 5.02 Å². The van der Waals surface area contributed by atoms with E-state index in [1.807, 2.05) is 0 Å². The number of carbonyl (C=O) groups is 1. The van der Waals surface area contributed by atoms with Gasteiger partial charge in [-0.05, 0) is 17.7 Å². The maximum absolute atomic E-state index is 13.5. The largest absolute Gasteiger partial charge is 0.479 e. The highest BCUT2D eigenvalue weighted by atomic mass is 35.5. The molecular formula is C10H7ClF4O2. The Morgan fingerprint density at radius 2 is 1.88 bits per heavy atom. The monoisotopic (exact) mass is 270 g/mol. The van der Waals surface area contributed by atoms with Crippen LogP contribution < -0.4 is 0 Å². The predicted octanol–water partition coefficient (Wildman–Crippen LogP) is 3.24. The molecule has 0 radical (unpaired) electrons. The Balaban J connectivity index is 3.08. The van der Waals surface area contributed by atoms with E-state index in [2.05, 4.69) is 0 Å². The second-order valence-corrected chi connectivity index (χ2v) is 3.85. The summed E-state index contributed by atoms with van der Waals surface area (Å²) in [6.07, 6.45) is -6.80. The molecule has 1 aromatic rings. The van der Waals surface area contributed by atoms with E-state index in [-0.39, 0.29) is 10.6 Å². The second-order valence-electron chi connectivity index (χ2n) is 3.41. The molecule has 0 spiro atoms. The van der Waals surface area contributed by atoms with Crippen LogP contribution in [0.5, 0.6) is 0 Å². The lowest BCUT2D eigenvalue weighted by molar-refractivity contribution is -0.235. The molecule has 0 bridgehead atoms. The minimum atomic E-state index is -5.48. The third kappa shape index (κ3) is 2.88. The fourth-order valence-electron chi connectivity index (χ4n) is 1.23. The average Bonchev–Trinajstić information content (AvgIpc) is 2.15. The molecule has 94 valence electrons. The zero-order valence-corrected chi connectivity index (χ0v) is 9.02. The number of rotatable bonds is 3. The third-order valence-corrected chi connectivity index (χ3v) is 2.36. The first-order chi connectivity index (χ1) is 7.67. The maximum atomic E-state index is 13.5. The fraction of sp³-hybridized carbons (Fsp3) is 0.300. The van der Waals surface area contributed by atoms with Gasteiger partial charge < -0.3 is 5.11 Å². The summed E-state index contributed by atoms with van der Waals surface area (Å²) < 4.78 is 50.5. The van der Waals surface area contributed by atoms with E-state index in [9.17, 15) is 22.4 Å². The molecule has 0 aliphatic rings. The van der Waals surface area contributed by atoms with Gasteiger partial charge >= 0.3 is 17.8 Å². The topological polar surface area (TPSA) is 37.3 Å². The lowest BCUT2D eigenvalue weighted by Crippen LogP contribution is -2.49. The molecule has 0 aliphatic heterocycles. The van der Waals surface area contributed by atoms with Gasteiger partial charge in [0.05, 0.1) is 0 Å². The highest BCUT2D eigenvalue weighted by Crippen LogP contribution is 2.37. The van der Waals surface area contributed by atoms with Gasteiger partial charge in [-0.25, -0.2) is 9.18 Å². The molecule has 1 aromatic carbocycles. The summed E-state index contributed by atoms with van der Waals surface area (Å²) in [5.41, 5.74) is -4.45. The van der Waals surface area contributed by atoms with E-state index in [1.165, 1.54) is 18.2 Å². The Hall–Kier alpha value is -1.30. The third-order valence-electron chi connectivity index (χ3n) is 2.13. The number of aliphatic carboxylic acids is 1. The van der Waals surface area contributed by atoms with E-state index in [0.29, 0.717) is 0 Å². The van der Waals surface area contributed by atoms with Gasteiger partial charge in [0.2, 0.25) is 0 Å². The van der Waals surface area contributed by atoms with Crippen molar-refractivity contribution < 1.29 is 27.5 Å². The van der Waals surface area contributed by atoms with Gasteiger partial charge in [-0.1, -0.05) is 23.7 Å². The van der Waals surface area contributed by atoms with E-state index in [1.54, 1.807) is 0 Å². The predicted molar refractivity (Wildman–Crippen MR) is 52.7 cm³/mol. The Bertz CT molecular complexity index is 433. The number of alkyl halides is 4. The van der Waals surface area contributed by atoms with Crippen LogP contribution in [0, 0.1) is 0 Å². The van der Waals surface area contributed by atoms with Crippen molar-refractivity contribution in [2.75, 3.05) is 0 Å². The summed E-state index contributed by atoms with van der Waals surface area (Å²) in [7, 11) is 0. The molecule has 0 aromatic heterocycles. The first-order valence-corrected chi connectivity index (χ1v) is 4.78. The van der Waals surface area contributed by atoms with E-state index < -0.39 is 24.2 Å². The van der Waals surface area contributed by atoms with Crippen molar-refractivity contribution in [3.05, 3.63) is 34.9 Å². The van der Waals surface area contributed by atoms with Gasteiger partial charge in [-0.15, -0.1) is 0 Å². The number of hydrogen-bond acceptors (Lipinski definition) is 1. The van der Waals surface area contributed by atoms with Crippen LogP contribution in [0.25, 0.3) is 0 Å². The molecule has 0 amide bonds. The summed E-state index contributed by atoms with van der Waals surface area (Å²) in [4.78, 5) is 10.4. The summed E-state index contributed by atoms with van der Waals surface area (Å²) in [6, 6.07) is 4.97. The van der Waals surface area contributed by atoms with Gasteiger partial charge in [0.15, 0.2) is 0 Å². The molecule has 0 saturated heterocycles. The molecule has 17 heavy (non-hydrogen) atoms. The Morgan fingerprint density at radius 1 is 1.29 bits per heavy atom. The number of carboxylic acid groups (broad SMARTS) is 1. The van der Waals surface area contributed by atoms with Crippen LogP contribution in [0.15, 0.2) is 24.3 Å². The minimum Gasteiger partial charge on any atom is -0.479 e. The van der Waals surface area contributed by atoms with E-state index in [0.717, 1.165) is 6.07 Å². The summed E-state index contributed by atoms with van der Waals surface area (Å²) in [5, 5.41) is 8.48. The van der Waals surface area contributed by atoms with E-state index in [4.69, 9.17) is 16.7 Å².